The first-order valence-corrected chi connectivity index (χ1v) is 5.85. The molecule has 0 N–H and O–H groups in total. The molecule has 0 aliphatic rings. The summed E-state index contributed by atoms with van der Waals surface area (Å²) < 4.78 is 7.12. The van der Waals surface area contributed by atoms with Crippen LogP contribution < -0.4 is 0 Å². The third-order valence-electron chi connectivity index (χ3n) is 2.66. The molecule has 0 atom stereocenters. The highest BCUT2D eigenvalue weighted by atomic mass is 16.3. The second kappa shape index (κ2) is 5.20. The van der Waals surface area contributed by atoms with Gasteiger partial charge < -0.3 is 4.42 Å². The summed E-state index contributed by atoms with van der Waals surface area (Å²) in [5.41, 5.74) is 1.34. The van der Waals surface area contributed by atoms with E-state index in [4.69, 9.17) is 9.68 Å². The van der Waals surface area contributed by atoms with E-state index >= 15 is 0 Å². The van der Waals surface area contributed by atoms with Gasteiger partial charge in [-0.2, -0.15) is 10.4 Å². The zero-order chi connectivity index (χ0) is 13.8. The van der Waals surface area contributed by atoms with Crippen LogP contribution in [0.3, 0.4) is 0 Å². The number of hydrogen-bond donors (Lipinski definition) is 0. The van der Waals surface area contributed by atoms with E-state index in [1.807, 2.05) is 24.3 Å². The van der Waals surface area contributed by atoms with Crippen LogP contribution in [0, 0.1) is 11.3 Å². The highest BCUT2D eigenvalue weighted by Crippen LogP contribution is 2.24. The lowest BCUT2D eigenvalue weighted by Crippen LogP contribution is -1.85. The van der Waals surface area contributed by atoms with Crippen molar-refractivity contribution in [2.75, 3.05) is 0 Å². The van der Waals surface area contributed by atoms with E-state index in [0.717, 1.165) is 5.56 Å². The topological polar surface area (TPSA) is 80.0 Å². The first-order valence-electron chi connectivity index (χ1n) is 5.85. The maximum absolute atomic E-state index is 9.08. The van der Waals surface area contributed by atoms with Gasteiger partial charge in [0.05, 0.1) is 17.8 Å². The zero-order valence-corrected chi connectivity index (χ0v) is 10.3. The number of furan rings is 1. The fourth-order valence-electron chi connectivity index (χ4n) is 1.74. The third kappa shape index (κ3) is 2.33. The zero-order valence-electron chi connectivity index (χ0n) is 10.3. The molecule has 96 valence electrons. The maximum atomic E-state index is 9.08. The van der Waals surface area contributed by atoms with Crippen LogP contribution in [0.2, 0.25) is 0 Å². The lowest BCUT2D eigenvalue weighted by atomic mass is 10.1. The normalized spacial score (nSPS) is 10.8. The van der Waals surface area contributed by atoms with Gasteiger partial charge in [-0.15, -0.1) is 10.2 Å². The van der Waals surface area contributed by atoms with E-state index < -0.39 is 0 Å². The van der Waals surface area contributed by atoms with Gasteiger partial charge in [-0.1, -0.05) is 12.1 Å². The van der Waals surface area contributed by atoms with E-state index in [1.165, 1.54) is 17.3 Å². The van der Waals surface area contributed by atoms with Gasteiger partial charge in [-0.3, -0.25) is 0 Å². The quantitative estimate of drug-likeness (QED) is 0.679. The van der Waals surface area contributed by atoms with Gasteiger partial charge in [0.15, 0.2) is 0 Å². The Morgan fingerprint density at radius 1 is 1.15 bits per heavy atom. The van der Waals surface area contributed by atoms with Crippen LogP contribution in [0.5, 0.6) is 0 Å². The van der Waals surface area contributed by atoms with E-state index in [2.05, 4.69) is 21.4 Å². The number of nitrogens with zero attached hydrogens (tertiary/aromatic N) is 5. The Kier molecular flexibility index (Phi) is 3.08. The molecule has 0 bridgehead atoms. The molecule has 0 amide bonds. The minimum atomic E-state index is 0.573. The monoisotopic (exact) mass is 263 g/mol. The fourth-order valence-corrected chi connectivity index (χ4v) is 1.74. The average molecular weight is 263 g/mol. The molecular formula is C14H9N5O. The molecule has 0 fully saturated rings. The van der Waals surface area contributed by atoms with Gasteiger partial charge in [0.25, 0.3) is 0 Å². The largest absolute Gasteiger partial charge is 0.455 e. The summed E-state index contributed by atoms with van der Waals surface area (Å²) >= 11 is 0. The van der Waals surface area contributed by atoms with Gasteiger partial charge in [0, 0.05) is 5.56 Å². The molecule has 0 aliphatic carbocycles. The first-order chi connectivity index (χ1) is 9.86. The summed E-state index contributed by atoms with van der Waals surface area (Å²) in [5, 5.41) is 20.5. The Morgan fingerprint density at radius 2 is 1.95 bits per heavy atom. The van der Waals surface area contributed by atoms with Crippen LogP contribution in [-0.4, -0.2) is 21.1 Å². The van der Waals surface area contributed by atoms with Gasteiger partial charge >= 0.3 is 0 Å². The summed E-state index contributed by atoms with van der Waals surface area (Å²) in [7, 11) is 0. The third-order valence-corrected chi connectivity index (χ3v) is 2.66. The standard InChI is InChI=1S/C14H9N5O/c15-7-11-3-1-2-4-13(11)14-6-5-12(20-14)8-18-19-9-16-17-10-19/h1-6,8-10H/b18-8+. The molecular weight excluding hydrogens is 254 g/mol. The summed E-state index contributed by atoms with van der Waals surface area (Å²) in [6.45, 7) is 0. The number of benzene rings is 1. The molecule has 3 aromatic rings. The Balaban J connectivity index is 1.89. The second-order valence-electron chi connectivity index (χ2n) is 3.95. The van der Waals surface area contributed by atoms with Crippen molar-refractivity contribution < 1.29 is 4.42 Å². The second-order valence-corrected chi connectivity index (χ2v) is 3.95. The van der Waals surface area contributed by atoms with Crippen LogP contribution in [0.15, 0.2) is 58.6 Å². The Morgan fingerprint density at radius 3 is 2.75 bits per heavy atom. The minimum absolute atomic E-state index is 0.573. The van der Waals surface area contributed by atoms with Crippen molar-refractivity contribution in [2.45, 2.75) is 0 Å². The number of nitriles is 1. The Bertz CT molecular complexity index is 780. The van der Waals surface area contributed by atoms with Crippen molar-refractivity contribution in [2.24, 2.45) is 5.10 Å². The van der Waals surface area contributed by atoms with Crippen molar-refractivity contribution in [3.63, 3.8) is 0 Å². The average Bonchev–Trinajstić information content (AvgIpc) is 3.16. The summed E-state index contributed by atoms with van der Waals surface area (Å²) in [4.78, 5) is 0. The maximum Gasteiger partial charge on any atom is 0.147 e. The van der Waals surface area contributed by atoms with E-state index in [-0.39, 0.29) is 0 Å². The molecule has 0 unspecified atom stereocenters. The van der Waals surface area contributed by atoms with E-state index in [1.54, 1.807) is 18.3 Å². The van der Waals surface area contributed by atoms with Gasteiger partial charge in [0.2, 0.25) is 0 Å². The summed E-state index contributed by atoms with van der Waals surface area (Å²) in [5.74, 6) is 1.22. The van der Waals surface area contributed by atoms with Crippen LogP contribution in [0.4, 0.5) is 0 Å². The molecule has 2 heterocycles. The highest BCUT2D eigenvalue weighted by Gasteiger charge is 2.07. The van der Waals surface area contributed by atoms with Gasteiger partial charge in [0.1, 0.15) is 24.2 Å². The summed E-state index contributed by atoms with van der Waals surface area (Å²) in [6, 6.07) is 13.0. The molecule has 20 heavy (non-hydrogen) atoms. The van der Waals surface area contributed by atoms with Crippen molar-refractivity contribution in [1.29, 1.82) is 5.26 Å². The fraction of sp³-hybridized carbons (Fsp3) is 0. The number of aromatic nitrogens is 3. The van der Waals surface area contributed by atoms with Crippen LogP contribution in [0.1, 0.15) is 11.3 Å². The molecule has 0 radical (unpaired) electrons. The molecule has 2 aromatic heterocycles. The van der Waals surface area contributed by atoms with E-state index in [0.29, 0.717) is 17.1 Å². The lowest BCUT2D eigenvalue weighted by molar-refractivity contribution is 0.574. The number of hydrogen-bond acceptors (Lipinski definition) is 5. The highest BCUT2D eigenvalue weighted by molar-refractivity contribution is 5.78. The SMILES string of the molecule is N#Cc1ccccc1-c1ccc(/C=N/n2cnnc2)o1. The Labute approximate surface area is 114 Å². The predicted octanol–water partition coefficient (Wildman–Crippen LogP) is 2.29. The molecule has 6 heteroatoms. The van der Waals surface area contributed by atoms with E-state index in [9.17, 15) is 0 Å². The number of rotatable bonds is 3. The van der Waals surface area contributed by atoms with Crippen LogP contribution in [0.25, 0.3) is 11.3 Å². The van der Waals surface area contributed by atoms with Crippen LogP contribution >= 0.6 is 0 Å². The van der Waals surface area contributed by atoms with Crippen molar-refractivity contribution in [3.8, 4) is 17.4 Å². The summed E-state index contributed by atoms with van der Waals surface area (Å²) in [6.07, 6.45) is 4.51. The molecule has 3 rings (SSSR count). The van der Waals surface area contributed by atoms with Crippen molar-refractivity contribution in [3.05, 3.63) is 60.4 Å². The molecule has 0 spiro atoms. The smallest absolute Gasteiger partial charge is 0.147 e. The van der Waals surface area contributed by atoms with Gasteiger partial charge in [-0.25, -0.2) is 4.68 Å². The minimum Gasteiger partial charge on any atom is -0.455 e. The predicted molar refractivity (Wildman–Crippen MR) is 71.9 cm³/mol. The first kappa shape index (κ1) is 11.9. The molecule has 0 saturated heterocycles. The molecule has 0 aliphatic heterocycles. The molecule has 0 saturated carbocycles. The van der Waals surface area contributed by atoms with Crippen LogP contribution in [-0.2, 0) is 0 Å². The Hall–Kier alpha value is -3.20. The van der Waals surface area contributed by atoms with Crippen molar-refractivity contribution >= 4 is 6.21 Å². The molecule has 1 aromatic carbocycles. The van der Waals surface area contributed by atoms with Gasteiger partial charge in [-0.05, 0) is 24.3 Å². The lowest BCUT2D eigenvalue weighted by Gasteiger charge is -1.98. The van der Waals surface area contributed by atoms with Crippen molar-refractivity contribution in [1.82, 2.24) is 14.9 Å². The molecule has 6 nitrogen and oxygen atoms in total.